The largest absolute Gasteiger partial charge is 0.468 e. The van der Waals surface area contributed by atoms with Gasteiger partial charge in [-0.2, -0.15) is 0 Å². The van der Waals surface area contributed by atoms with Crippen LogP contribution in [-0.4, -0.2) is 30.3 Å². The van der Waals surface area contributed by atoms with Crippen LogP contribution in [0.25, 0.3) is 0 Å². The van der Waals surface area contributed by atoms with Crippen LogP contribution in [-0.2, 0) is 20.7 Å². The fraction of sp³-hybridized carbons (Fsp3) is 0.300. The summed E-state index contributed by atoms with van der Waals surface area (Å²) in [5, 5.41) is 11.1. The van der Waals surface area contributed by atoms with Crippen LogP contribution in [0.5, 0.6) is 0 Å². The number of rotatable bonds is 9. The molecule has 0 amide bonds. The van der Waals surface area contributed by atoms with Crippen molar-refractivity contribution in [2.75, 3.05) is 13.7 Å². The number of ketones is 1. The van der Waals surface area contributed by atoms with Crippen molar-refractivity contribution in [1.29, 1.82) is 0 Å². The Balaban J connectivity index is 2.26. The van der Waals surface area contributed by atoms with E-state index in [1.165, 1.54) is 7.11 Å². The number of benzene rings is 2. The Labute approximate surface area is 151 Å². The Kier molecular flexibility index (Phi) is 7.02. The third-order valence-electron chi connectivity index (χ3n) is 4.28. The summed E-state index contributed by atoms with van der Waals surface area (Å²) in [5.41, 5.74) is 1.54. The van der Waals surface area contributed by atoms with Gasteiger partial charge in [0.2, 0.25) is 6.54 Å². The van der Waals surface area contributed by atoms with Gasteiger partial charge in [0.25, 0.3) is 0 Å². The van der Waals surface area contributed by atoms with E-state index in [2.05, 4.69) is 0 Å². The summed E-state index contributed by atoms with van der Waals surface area (Å²) >= 11 is 0. The number of hydrogen-bond acceptors (Lipinski definition) is 5. The second-order valence-corrected chi connectivity index (χ2v) is 5.99. The zero-order valence-electron chi connectivity index (χ0n) is 14.5. The molecule has 2 aromatic carbocycles. The number of nitrogens with zero attached hydrogens (tertiary/aromatic N) is 1. The van der Waals surface area contributed by atoms with E-state index in [1.54, 1.807) is 30.3 Å². The van der Waals surface area contributed by atoms with Crippen LogP contribution < -0.4 is 0 Å². The molecule has 0 saturated heterocycles. The normalized spacial score (nSPS) is 12.8. The van der Waals surface area contributed by atoms with Crippen molar-refractivity contribution in [3.63, 3.8) is 0 Å². The molecule has 0 aliphatic carbocycles. The molecule has 0 aromatic heterocycles. The molecule has 0 N–H and O–H groups in total. The molecule has 26 heavy (non-hydrogen) atoms. The van der Waals surface area contributed by atoms with Crippen molar-refractivity contribution >= 4 is 11.8 Å². The van der Waals surface area contributed by atoms with Crippen molar-refractivity contribution in [3.05, 3.63) is 81.9 Å². The quantitative estimate of drug-likeness (QED) is 0.299. The lowest BCUT2D eigenvalue weighted by atomic mass is 9.81. The molecule has 0 fully saturated rings. The molecular weight excluding hydrogens is 334 g/mol. The number of carbonyl (C=O) groups excluding carboxylic acids is 2. The standard InChI is InChI=1S/C20H21NO5/c1-26-20(23)19(18(22)13-12-15-8-4-2-5-9-15)17(14-21(24)25)16-10-6-3-7-11-16/h2-11,17,19H,12-14H2,1H3/t17-,19+/m1/s1. The van der Waals surface area contributed by atoms with E-state index < -0.39 is 29.3 Å². The van der Waals surface area contributed by atoms with E-state index in [-0.39, 0.29) is 12.2 Å². The lowest BCUT2D eigenvalue weighted by Crippen LogP contribution is -2.35. The van der Waals surface area contributed by atoms with Gasteiger partial charge in [0.15, 0.2) is 0 Å². The lowest BCUT2D eigenvalue weighted by Gasteiger charge is -2.21. The van der Waals surface area contributed by atoms with Gasteiger partial charge in [0.1, 0.15) is 11.7 Å². The van der Waals surface area contributed by atoms with Gasteiger partial charge >= 0.3 is 5.97 Å². The number of Topliss-reactive ketones (excluding diaryl/α,β-unsaturated/α-hetero) is 1. The summed E-state index contributed by atoms with van der Waals surface area (Å²) in [6.45, 7) is -0.513. The van der Waals surface area contributed by atoms with Crippen LogP contribution in [0, 0.1) is 16.0 Å². The van der Waals surface area contributed by atoms with Crippen LogP contribution in [0.15, 0.2) is 60.7 Å². The van der Waals surface area contributed by atoms with Gasteiger partial charge in [-0.15, -0.1) is 0 Å². The summed E-state index contributed by atoms with van der Waals surface area (Å²) in [6.07, 6.45) is 0.581. The molecule has 6 nitrogen and oxygen atoms in total. The minimum absolute atomic E-state index is 0.116. The third-order valence-corrected chi connectivity index (χ3v) is 4.28. The molecule has 0 aliphatic heterocycles. The van der Waals surface area contributed by atoms with Crippen molar-refractivity contribution in [2.24, 2.45) is 5.92 Å². The molecule has 136 valence electrons. The number of carbonyl (C=O) groups is 2. The van der Waals surface area contributed by atoms with Crippen molar-refractivity contribution in [1.82, 2.24) is 0 Å². The molecule has 2 rings (SSSR count). The van der Waals surface area contributed by atoms with Gasteiger partial charge in [0.05, 0.1) is 13.0 Å². The third kappa shape index (κ3) is 5.24. The first-order valence-electron chi connectivity index (χ1n) is 8.34. The van der Waals surface area contributed by atoms with Crippen LogP contribution >= 0.6 is 0 Å². The predicted octanol–water partition coefficient (Wildman–Crippen LogP) is 3.04. The highest BCUT2D eigenvalue weighted by molar-refractivity contribution is 6.00. The van der Waals surface area contributed by atoms with Crippen LogP contribution in [0.1, 0.15) is 23.5 Å². The van der Waals surface area contributed by atoms with Crippen LogP contribution in [0.2, 0.25) is 0 Å². The van der Waals surface area contributed by atoms with Crippen LogP contribution in [0.3, 0.4) is 0 Å². The van der Waals surface area contributed by atoms with Crippen molar-refractivity contribution in [2.45, 2.75) is 18.8 Å². The van der Waals surface area contributed by atoms with Crippen LogP contribution in [0.4, 0.5) is 0 Å². The van der Waals surface area contributed by atoms with Crippen molar-refractivity contribution < 1.29 is 19.2 Å². The second-order valence-electron chi connectivity index (χ2n) is 5.99. The van der Waals surface area contributed by atoms with E-state index >= 15 is 0 Å². The summed E-state index contributed by atoms with van der Waals surface area (Å²) < 4.78 is 4.79. The summed E-state index contributed by atoms with van der Waals surface area (Å²) in [6, 6.07) is 18.0. The average molecular weight is 355 g/mol. The molecule has 2 atom stereocenters. The number of ether oxygens (including phenoxy) is 1. The summed E-state index contributed by atoms with van der Waals surface area (Å²) in [7, 11) is 1.19. The maximum Gasteiger partial charge on any atom is 0.317 e. The zero-order valence-corrected chi connectivity index (χ0v) is 14.5. The topological polar surface area (TPSA) is 86.5 Å². The van der Waals surface area contributed by atoms with E-state index in [9.17, 15) is 19.7 Å². The molecule has 2 aromatic rings. The van der Waals surface area contributed by atoms with Gasteiger partial charge < -0.3 is 4.74 Å². The van der Waals surface area contributed by atoms with Gasteiger partial charge in [-0.25, -0.2) is 0 Å². The first-order valence-corrected chi connectivity index (χ1v) is 8.34. The highest BCUT2D eigenvalue weighted by atomic mass is 16.6. The molecule has 0 bridgehead atoms. The fourth-order valence-electron chi connectivity index (χ4n) is 2.98. The SMILES string of the molecule is COC(=O)[C@H](C(=O)CCc1ccccc1)[C@H](C[N+](=O)[O-])c1ccccc1. The Morgan fingerprint density at radius 1 is 1.04 bits per heavy atom. The molecule has 0 radical (unpaired) electrons. The Bertz CT molecular complexity index is 745. The molecule has 0 heterocycles. The Morgan fingerprint density at radius 2 is 1.62 bits per heavy atom. The van der Waals surface area contributed by atoms with E-state index in [0.717, 1.165) is 5.56 Å². The first-order chi connectivity index (χ1) is 12.5. The molecule has 6 heteroatoms. The number of esters is 1. The molecular formula is C20H21NO5. The minimum atomic E-state index is -1.20. The maximum atomic E-state index is 12.8. The second kappa shape index (κ2) is 9.46. The summed E-state index contributed by atoms with van der Waals surface area (Å²) in [5.74, 6) is -3.14. The molecule has 0 saturated carbocycles. The smallest absolute Gasteiger partial charge is 0.317 e. The highest BCUT2D eigenvalue weighted by Crippen LogP contribution is 2.28. The maximum absolute atomic E-state index is 12.8. The molecule has 0 spiro atoms. The number of aryl methyl sites for hydroxylation is 1. The van der Waals surface area contributed by atoms with Gasteiger partial charge in [0, 0.05) is 11.3 Å². The monoisotopic (exact) mass is 355 g/mol. The van der Waals surface area contributed by atoms with Crippen molar-refractivity contribution in [3.8, 4) is 0 Å². The number of nitro groups is 1. The predicted molar refractivity (Wildman–Crippen MR) is 96.3 cm³/mol. The zero-order chi connectivity index (χ0) is 18.9. The van der Waals surface area contributed by atoms with E-state index in [1.807, 2.05) is 30.3 Å². The first kappa shape index (κ1) is 19.3. The molecule has 0 unspecified atom stereocenters. The summed E-state index contributed by atoms with van der Waals surface area (Å²) in [4.78, 5) is 35.7. The average Bonchev–Trinajstić information content (AvgIpc) is 2.66. The Morgan fingerprint density at radius 3 is 2.15 bits per heavy atom. The number of hydrogen-bond donors (Lipinski definition) is 0. The van der Waals surface area contributed by atoms with Gasteiger partial charge in [-0.3, -0.25) is 19.7 Å². The number of methoxy groups -OCH3 is 1. The highest BCUT2D eigenvalue weighted by Gasteiger charge is 2.39. The Hall–Kier alpha value is -3.02. The fourth-order valence-corrected chi connectivity index (χ4v) is 2.98. The van der Waals surface area contributed by atoms with Gasteiger partial charge in [-0.05, 0) is 17.5 Å². The minimum Gasteiger partial charge on any atom is -0.468 e. The van der Waals surface area contributed by atoms with Gasteiger partial charge in [-0.1, -0.05) is 60.7 Å². The van der Waals surface area contributed by atoms with E-state index in [0.29, 0.717) is 12.0 Å². The molecule has 0 aliphatic rings. The lowest BCUT2D eigenvalue weighted by molar-refractivity contribution is -0.484. The van der Waals surface area contributed by atoms with E-state index in [4.69, 9.17) is 4.74 Å².